The molecule has 1 saturated heterocycles. The summed E-state index contributed by atoms with van der Waals surface area (Å²) in [6.07, 6.45) is 2.06. The fourth-order valence-electron chi connectivity index (χ4n) is 3.23. The highest BCUT2D eigenvalue weighted by molar-refractivity contribution is 5.94. The lowest BCUT2D eigenvalue weighted by molar-refractivity contribution is -0.140. The molecule has 2 atom stereocenters. The second kappa shape index (κ2) is 8.39. The zero-order valence-electron chi connectivity index (χ0n) is 15.2. The maximum atomic E-state index is 12.5. The first kappa shape index (κ1) is 19.2. The molecule has 1 heterocycles. The lowest BCUT2D eigenvalue weighted by Gasteiger charge is -2.23. The number of rotatable bonds is 8. The molecule has 2 amide bonds. The molecule has 1 saturated carbocycles. The predicted octanol–water partition coefficient (Wildman–Crippen LogP) is 1.50. The number of carbonyl (C=O) groups is 3. The number of amides is 2. The highest BCUT2D eigenvalue weighted by Gasteiger charge is 2.36. The second-order valence-electron chi connectivity index (χ2n) is 6.97. The minimum absolute atomic E-state index is 0.00223. The van der Waals surface area contributed by atoms with Gasteiger partial charge in [-0.2, -0.15) is 0 Å². The molecule has 0 radical (unpaired) electrons. The fraction of sp³-hybridized carbons (Fsp3) is 0.526. The van der Waals surface area contributed by atoms with E-state index in [9.17, 15) is 14.4 Å². The van der Waals surface area contributed by atoms with E-state index in [-0.39, 0.29) is 36.9 Å². The van der Waals surface area contributed by atoms with Crippen LogP contribution in [-0.4, -0.2) is 60.2 Å². The van der Waals surface area contributed by atoms with Gasteiger partial charge in [0, 0.05) is 37.4 Å². The third-order valence-electron chi connectivity index (χ3n) is 4.85. The zero-order valence-corrected chi connectivity index (χ0v) is 15.2. The molecule has 8 heteroatoms. The van der Waals surface area contributed by atoms with Gasteiger partial charge in [-0.25, -0.2) is 0 Å². The lowest BCUT2D eigenvalue weighted by atomic mass is 10.1. The summed E-state index contributed by atoms with van der Waals surface area (Å²) in [5.41, 5.74) is 0.626. The van der Waals surface area contributed by atoms with E-state index in [1.807, 2.05) is 0 Å². The Morgan fingerprint density at radius 2 is 2.07 bits per heavy atom. The highest BCUT2D eigenvalue weighted by Crippen LogP contribution is 2.30. The van der Waals surface area contributed by atoms with Gasteiger partial charge in [0.2, 0.25) is 5.91 Å². The Kier molecular flexibility index (Phi) is 5.95. The standard InChI is InChI=1S/C19H24N2O6/c1-26-16-8-14(9-18(23)24)21(10-16)17(22)11-27-15-4-2-3-13(7-15)20-19(25)12-5-6-12/h2-4,7,12,14,16H,5-6,8-11H2,1H3,(H,20,25)(H,23,24). The number of anilines is 1. The minimum atomic E-state index is -0.949. The average Bonchev–Trinajstić information content (AvgIpc) is 3.41. The van der Waals surface area contributed by atoms with Crippen LogP contribution in [0.2, 0.25) is 0 Å². The number of methoxy groups -OCH3 is 1. The summed E-state index contributed by atoms with van der Waals surface area (Å²) in [7, 11) is 1.55. The van der Waals surface area contributed by atoms with Gasteiger partial charge in [-0.3, -0.25) is 14.4 Å². The molecule has 146 valence electrons. The number of hydrogen-bond donors (Lipinski definition) is 2. The van der Waals surface area contributed by atoms with Crippen LogP contribution >= 0.6 is 0 Å². The molecule has 2 unspecified atom stereocenters. The Morgan fingerprint density at radius 1 is 1.30 bits per heavy atom. The fourth-order valence-corrected chi connectivity index (χ4v) is 3.23. The van der Waals surface area contributed by atoms with Crippen molar-refractivity contribution in [1.29, 1.82) is 0 Å². The van der Waals surface area contributed by atoms with Crippen LogP contribution in [0.4, 0.5) is 5.69 Å². The van der Waals surface area contributed by atoms with Crippen molar-refractivity contribution in [3.8, 4) is 5.75 Å². The van der Waals surface area contributed by atoms with E-state index in [1.54, 1.807) is 31.4 Å². The summed E-state index contributed by atoms with van der Waals surface area (Å²) in [5.74, 6) is -0.661. The van der Waals surface area contributed by atoms with Crippen LogP contribution in [0.25, 0.3) is 0 Å². The van der Waals surface area contributed by atoms with Crippen molar-refractivity contribution in [3.05, 3.63) is 24.3 Å². The number of nitrogens with one attached hydrogen (secondary N) is 1. The number of carboxylic acid groups (broad SMARTS) is 1. The molecule has 2 fully saturated rings. The van der Waals surface area contributed by atoms with Gasteiger partial charge in [-0.05, 0) is 31.4 Å². The summed E-state index contributed by atoms with van der Waals surface area (Å²) in [4.78, 5) is 36.9. The molecular weight excluding hydrogens is 352 g/mol. The molecule has 0 aromatic heterocycles. The largest absolute Gasteiger partial charge is 0.484 e. The summed E-state index contributed by atoms with van der Waals surface area (Å²) in [6, 6.07) is 6.49. The average molecular weight is 376 g/mol. The molecule has 1 aromatic carbocycles. The van der Waals surface area contributed by atoms with E-state index in [0.717, 1.165) is 12.8 Å². The number of aliphatic carboxylic acids is 1. The summed E-state index contributed by atoms with van der Waals surface area (Å²) in [5, 5.41) is 11.9. The van der Waals surface area contributed by atoms with E-state index < -0.39 is 12.0 Å². The van der Waals surface area contributed by atoms with Gasteiger partial charge >= 0.3 is 5.97 Å². The Labute approximate surface area is 157 Å². The quantitative estimate of drug-likeness (QED) is 0.712. The lowest BCUT2D eigenvalue weighted by Crippen LogP contribution is -2.40. The molecule has 1 aromatic rings. The van der Waals surface area contributed by atoms with Crippen LogP contribution < -0.4 is 10.1 Å². The van der Waals surface area contributed by atoms with Crippen molar-refractivity contribution < 1.29 is 29.0 Å². The number of carboxylic acids is 1. The highest BCUT2D eigenvalue weighted by atomic mass is 16.5. The molecule has 8 nitrogen and oxygen atoms in total. The van der Waals surface area contributed by atoms with Crippen molar-refractivity contribution >= 4 is 23.5 Å². The van der Waals surface area contributed by atoms with Crippen LogP contribution in [0.1, 0.15) is 25.7 Å². The van der Waals surface area contributed by atoms with Gasteiger partial charge in [-0.15, -0.1) is 0 Å². The number of hydrogen-bond acceptors (Lipinski definition) is 5. The Hall–Kier alpha value is -2.61. The van der Waals surface area contributed by atoms with Crippen LogP contribution in [0.3, 0.4) is 0 Å². The summed E-state index contributed by atoms with van der Waals surface area (Å²) < 4.78 is 10.8. The molecule has 0 bridgehead atoms. The topological polar surface area (TPSA) is 105 Å². The van der Waals surface area contributed by atoms with E-state index in [0.29, 0.717) is 24.4 Å². The van der Waals surface area contributed by atoms with Crippen LogP contribution in [0.15, 0.2) is 24.3 Å². The van der Waals surface area contributed by atoms with Gasteiger partial charge < -0.3 is 24.8 Å². The first-order valence-corrected chi connectivity index (χ1v) is 9.04. The first-order valence-electron chi connectivity index (χ1n) is 9.04. The minimum Gasteiger partial charge on any atom is -0.484 e. The maximum absolute atomic E-state index is 12.5. The summed E-state index contributed by atoms with van der Waals surface area (Å²) >= 11 is 0. The Bertz CT molecular complexity index is 718. The van der Waals surface area contributed by atoms with Gasteiger partial charge in [0.1, 0.15) is 5.75 Å². The van der Waals surface area contributed by atoms with Crippen molar-refractivity contribution in [2.24, 2.45) is 5.92 Å². The molecule has 1 aliphatic heterocycles. The third kappa shape index (κ3) is 5.19. The first-order chi connectivity index (χ1) is 13.0. The van der Waals surface area contributed by atoms with Crippen LogP contribution in [0, 0.1) is 5.92 Å². The van der Waals surface area contributed by atoms with Crippen molar-refractivity contribution in [1.82, 2.24) is 4.90 Å². The third-order valence-corrected chi connectivity index (χ3v) is 4.85. The molecule has 3 rings (SSSR count). The number of benzene rings is 1. The van der Waals surface area contributed by atoms with Crippen LogP contribution in [0.5, 0.6) is 5.75 Å². The molecule has 27 heavy (non-hydrogen) atoms. The van der Waals surface area contributed by atoms with Gasteiger partial charge in [0.05, 0.1) is 12.5 Å². The SMILES string of the molecule is COC1CC(CC(=O)O)N(C(=O)COc2cccc(NC(=O)C3CC3)c2)C1. The molecule has 0 spiro atoms. The van der Waals surface area contributed by atoms with E-state index in [1.165, 1.54) is 4.90 Å². The normalized spacial score (nSPS) is 21.7. The van der Waals surface area contributed by atoms with Crippen LogP contribution in [-0.2, 0) is 19.1 Å². The number of likely N-dealkylation sites (tertiary alicyclic amines) is 1. The smallest absolute Gasteiger partial charge is 0.305 e. The van der Waals surface area contributed by atoms with E-state index >= 15 is 0 Å². The van der Waals surface area contributed by atoms with E-state index in [4.69, 9.17) is 14.6 Å². The molecule has 2 N–H and O–H groups in total. The number of carbonyl (C=O) groups excluding carboxylic acids is 2. The monoisotopic (exact) mass is 376 g/mol. The van der Waals surface area contributed by atoms with Crippen molar-refractivity contribution in [2.45, 2.75) is 37.8 Å². The van der Waals surface area contributed by atoms with Gasteiger partial charge in [0.25, 0.3) is 5.91 Å². The predicted molar refractivity (Wildman–Crippen MR) is 96.5 cm³/mol. The molecule has 2 aliphatic rings. The number of nitrogens with zero attached hydrogens (tertiary/aromatic N) is 1. The van der Waals surface area contributed by atoms with E-state index in [2.05, 4.69) is 5.32 Å². The Balaban J connectivity index is 1.56. The maximum Gasteiger partial charge on any atom is 0.305 e. The Morgan fingerprint density at radius 3 is 2.74 bits per heavy atom. The summed E-state index contributed by atoms with van der Waals surface area (Å²) in [6.45, 7) is 0.153. The zero-order chi connectivity index (χ0) is 19.4. The molecule has 1 aliphatic carbocycles. The van der Waals surface area contributed by atoms with Crippen molar-refractivity contribution in [3.63, 3.8) is 0 Å². The van der Waals surface area contributed by atoms with Gasteiger partial charge in [0.15, 0.2) is 6.61 Å². The second-order valence-corrected chi connectivity index (χ2v) is 6.97. The van der Waals surface area contributed by atoms with Crippen molar-refractivity contribution in [2.75, 3.05) is 25.6 Å². The number of ether oxygens (including phenoxy) is 2. The van der Waals surface area contributed by atoms with Gasteiger partial charge in [-0.1, -0.05) is 6.07 Å². The molecular formula is C19H24N2O6.